The maximum Gasteiger partial charge on any atom is 0.267 e. The standard InChI is InChI=1S/C19H19FN4O3/c1-24-9-8-19(27,18(24)26)7-6-11-2-3-13(20)12(10-11)15-5-4-14(21)16(23-15)17(22)25/h2-5,10,17,25,27H,8-9,21-22H2,1H3/t17?,19-/m0/s1. The van der Waals surface area contributed by atoms with Gasteiger partial charge in [0.15, 0.2) is 0 Å². The molecule has 1 aliphatic rings. The number of hydrogen-bond donors (Lipinski definition) is 4. The van der Waals surface area contributed by atoms with Crippen LogP contribution in [0.25, 0.3) is 11.3 Å². The van der Waals surface area contributed by atoms with Gasteiger partial charge in [0.1, 0.15) is 17.7 Å². The zero-order chi connectivity index (χ0) is 19.8. The summed E-state index contributed by atoms with van der Waals surface area (Å²) in [5, 5.41) is 19.9. The van der Waals surface area contributed by atoms with Crippen LogP contribution in [-0.2, 0) is 4.79 Å². The second kappa shape index (κ2) is 6.96. The predicted molar refractivity (Wildman–Crippen MR) is 97.3 cm³/mol. The number of carbonyl (C=O) groups is 1. The number of carbonyl (C=O) groups excluding carboxylic acids is 1. The summed E-state index contributed by atoms with van der Waals surface area (Å²) in [6, 6.07) is 7.07. The van der Waals surface area contributed by atoms with Gasteiger partial charge >= 0.3 is 0 Å². The van der Waals surface area contributed by atoms with Crippen molar-refractivity contribution in [2.45, 2.75) is 18.2 Å². The molecular weight excluding hydrogens is 351 g/mol. The summed E-state index contributed by atoms with van der Waals surface area (Å²) < 4.78 is 14.3. The number of aromatic nitrogens is 1. The second-order valence-corrected chi connectivity index (χ2v) is 6.40. The van der Waals surface area contributed by atoms with Crippen LogP contribution in [0, 0.1) is 17.7 Å². The van der Waals surface area contributed by atoms with Gasteiger partial charge in [-0.25, -0.2) is 9.37 Å². The molecule has 7 nitrogen and oxygen atoms in total. The fourth-order valence-electron chi connectivity index (χ4n) is 2.82. The van der Waals surface area contributed by atoms with Crippen LogP contribution in [0.3, 0.4) is 0 Å². The molecule has 0 spiro atoms. The van der Waals surface area contributed by atoms with E-state index < -0.39 is 23.6 Å². The maximum absolute atomic E-state index is 14.3. The van der Waals surface area contributed by atoms with Crippen molar-refractivity contribution in [2.75, 3.05) is 19.3 Å². The number of likely N-dealkylation sites (N-methyl/N-ethyl adjacent to an activating group) is 1. The summed E-state index contributed by atoms with van der Waals surface area (Å²) in [4.78, 5) is 17.5. The SMILES string of the molecule is CN1CC[C@@](O)(C#Cc2ccc(F)c(-c3ccc(N)c(C(N)O)n3)c2)C1=O. The van der Waals surface area contributed by atoms with Gasteiger partial charge in [0.2, 0.25) is 5.60 Å². The van der Waals surface area contributed by atoms with E-state index in [1.54, 1.807) is 7.05 Å². The minimum atomic E-state index is -1.74. The first-order valence-corrected chi connectivity index (χ1v) is 8.22. The first-order chi connectivity index (χ1) is 12.7. The molecule has 0 bridgehead atoms. The number of nitrogens with two attached hydrogens (primary N) is 2. The number of amides is 1. The van der Waals surface area contributed by atoms with Gasteiger partial charge in [-0.15, -0.1) is 0 Å². The zero-order valence-corrected chi connectivity index (χ0v) is 14.6. The van der Waals surface area contributed by atoms with Gasteiger partial charge in [0.25, 0.3) is 5.91 Å². The minimum absolute atomic E-state index is 0.0392. The summed E-state index contributed by atoms with van der Waals surface area (Å²) >= 11 is 0. The number of likely N-dealkylation sites (tertiary alicyclic amines) is 1. The van der Waals surface area contributed by atoms with Crippen LogP contribution < -0.4 is 11.5 Å². The van der Waals surface area contributed by atoms with Crippen LogP contribution >= 0.6 is 0 Å². The Bertz CT molecular complexity index is 967. The molecule has 1 saturated heterocycles. The lowest BCUT2D eigenvalue weighted by molar-refractivity contribution is -0.137. The van der Waals surface area contributed by atoms with Crippen LogP contribution in [-0.4, -0.2) is 45.2 Å². The van der Waals surface area contributed by atoms with Gasteiger partial charge in [-0.1, -0.05) is 11.8 Å². The van der Waals surface area contributed by atoms with E-state index >= 15 is 0 Å². The molecule has 2 aromatic rings. The number of anilines is 1. The van der Waals surface area contributed by atoms with Crippen LogP contribution in [0.2, 0.25) is 0 Å². The van der Waals surface area contributed by atoms with Crippen molar-refractivity contribution in [1.29, 1.82) is 0 Å². The average Bonchev–Trinajstić information content (AvgIpc) is 2.89. The number of aliphatic hydroxyl groups excluding tert-OH is 1. The molecular formula is C19H19FN4O3. The molecule has 140 valence electrons. The normalized spacial score (nSPS) is 20.3. The zero-order valence-electron chi connectivity index (χ0n) is 14.6. The smallest absolute Gasteiger partial charge is 0.267 e. The van der Waals surface area contributed by atoms with E-state index in [-0.39, 0.29) is 29.1 Å². The molecule has 8 heteroatoms. The number of pyridine rings is 1. The quantitative estimate of drug-likeness (QED) is 0.447. The van der Waals surface area contributed by atoms with Crippen molar-refractivity contribution in [3.8, 4) is 23.1 Å². The number of aliphatic hydroxyl groups is 2. The Kier molecular flexibility index (Phi) is 4.85. The van der Waals surface area contributed by atoms with Crippen LogP contribution in [0.1, 0.15) is 23.9 Å². The Hall–Kier alpha value is -2.99. The lowest BCUT2D eigenvalue weighted by Gasteiger charge is -2.13. The van der Waals surface area contributed by atoms with Crippen molar-refractivity contribution in [3.05, 3.63) is 47.4 Å². The van der Waals surface area contributed by atoms with E-state index in [9.17, 15) is 19.4 Å². The summed E-state index contributed by atoms with van der Waals surface area (Å²) in [6.45, 7) is 0.415. The highest BCUT2D eigenvalue weighted by Crippen LogP contribution is 2.26. The van der Waals surface area contributed by atoms with E-state index in [1.807, 2.05) is 0 Å². The molecule has 0 saturated carbocycles. The first-order valence-electron chi connectivity index (χ1n) is 8.22. The summed E-state index contributed by atoms with van der Waals surface area (Å²) in [7, 11) is 1.59. The van der Waals surface area contributed by atoms with Crippen molar-refractivity contribution >= 4 is 11.6 Å². The Morgan fingerprint density at radius 1 is 1.37 bits per heavy atom. The van der Waals surface area contributed by atoms with Gasteiger partial charge in [0, 0.05) is 31.1 Å². The van der Waals surface area contributed by atoms with Crippen molar-refractivity contribution in [3.63, 3.8) is 0 Å². The number of benzene rings is 1. The summed E-state index contributed by atoms with van der Waals surface area (Å²) in [5.41, 5.74) is 10.4. The highest BCUT2D eigenvalue weighted by molar-refractivity contribution is 5.90. The fourth-order valence-corrected chi connectivity index (χ4v) is 2.82. The van der Waals surface area contributed by atoms with E-state index in [0.717, 1.165) is 0 Å². The Morgan fingerprint density at radius 3 is 2.74 bits per heavy atom. The largest absolute Gasteiger partial charge is 0.397 e. The maximum atomic E-state index is 14.3. The van der Waals surface area contributed by atoms with Gasteiger partial charge in [-0.05, 0) is 30.3 Å². The van der Waals surface area contributed by atoms with Crippen molar-refractivity contribution in [1.82, 2.24) is 9.88 Å². The minimum Gasteiger partial charge on any atom is -0.397 e. The van der Waals surface area contributed by atoms with E-state index in [1.165, 1.54) is 35.2 Å². The van der Waals surface area contributed by atoms with Gasteiger partial charge in [0.05, 0.1) is 11.4 Å². The first kappa shape index (κ1) is 18.8. The topological polar surface area (TPSA) is 126 Å². The fraction of sp³-hybridized carbons (Fsp3) is 0.263. The predicted octanol–water partition coefficient (Wildman–Crippen LogP) is 0.364. The molecule has 1 aliphatic heterocycles. The number of nitrogen functional groups attached to an aromatic ring is 1. The lowest BCUT2D eigenvalue weighted by atomic mass is 10.0. The molecule has 1 unspecified atom stereocenters. The summed E-state index contributed by atoms with van der Waals surface area (Å²) in [6.07, 6.45) is -1.18. The molecule has 2 atom stereocenters. The Morgan fingerprint density at radius 2 is 2.11 bits per heavy atom. The molecule has 2 heterocycles. The van der Waals surface area contributed by atoms with Gasteiger partial charge in [-0.2, -0.15) is 0 Å². The number of rotatable bonds is 2. The van der Waals surface area contributed by atoms with Crippen molar-refractivity contribution in [2.24, 2.45) is 5.73 Å². The highest BCUT2D eigenvalue weighted by Gasteiger charge is 2.42. The number of hydrogen-bond acceptors (Lipinski definition) is 6. The Labute approximate surface area is 155 Å². The third kappa shape index (κ3) is 3.61. The molecule has 3 rings (SSSR count). The average molecular weight is 370 g/mol. The second-order valence-electron chi connectivity index (χ2n) is 6.40. The molecule has 27 heavy (non-hydrogen) atoms. The molecule has 1 aromatic heterocycles. The van der Waals surface area contributed by atoms with E-state index in [0.29, 0.717) is 12.1 Å². The molecule has 1 aromatic carbocycles. The molecule has 0 radical (unpaired) electrons. The summed E-state index contributed by atoms with van der Waals surface area (Å²) in [5.74, 6) is 4.30. The monoisotopic (exact) mass is 370 g/mol. The number of nitrogens with zero attached hydrogens (tertiary/aromatic N) is 2. The molecule has 0 aliphatic carbocycles. The van der Waals surface area contributed by atoms with Gasteiger partial charge < -0.3 is 26.6 Å². The van der Waals surface area contributed by atoms with E-state index in [4.69, 9.17) is 11.5 Å². The lowest BCUT2D eigenvalue weighted by Crippen LogP contribution is -2.37. The molecule has 1 fully saturated rings. The highest BCUT2D eigenvalue weighted by atomic mass is 19.1. The third-order valence-electron chi connectivity index (χ3n) is 4.40. The van der Waals surface area contributed by atoms with Crippen LogP contribution in [0.15, 0.2) is 30.3 Å². The third-order valence-corrected chi connectivity index (χ3v) is 4.40. The number of halogens is 1. The molecule has 1 amide bonds. The molecule has 6 N–H and O–H groups in total. The van der Waals surface area contributed by atoms with Gasteiger partial charge in [-0.3, -0.25) is 4.79 Å². The van der Waals surface area contributed by atoms with Crippen molar-refractivity contribution < 1.29 is 19.4 Å². The van der Waals surface area contributed by atoms with Crippen LogP contribution in [0.5, 0.6) is 0 Å². The van der Waals surface area contributed by atoms with Crippen LogP contribution in [0.4, 0.5) is 10.1 Å². The van der Waals surface area contributed by atoms with E-state index in [2.05, 4.69) is 16.8 Å². The Balaban J connectivity index is 1.99.